The Morgan fingerprint density at radius 3 is 2.56 bits per heavy atom. The summed E-state index contributed by atoms with van der Waals surface area (Å²) in [5.41, 5.74) is 0. The van der Waals surface area contributed by atoms with E-state index in [2.05, 4.69) is 4.98 Å². The van der Waals surface area contributed by atoms with Crippen molar-refractivity contribution < 1.29 is 12.4 Å². The molecule has 90 valence electrons. The number of rotatable bonds is 5. The van der Waals surface area contributed by atoms with Crippen molar-refractivity contribution >= 4 is 10.0 Å². The zero-order valence-electron chi connectivity index (χ0n) is 9.63. The van der Waals surface area contributed by atoms with Gasteiger partial charge in [0.05, 0.1) is 6.20 Å². The lowest BCUT2D eigenvalue weighted by Gasteiger charge is -2.29. The molecule has 16 heavy (non-hydrogen) atoms. The first-order chi connectivity index (χ1) is 7.48. The van der Waals surface area contributed by atoms with Crippen LogP contribution in [0, 0.1) is 0 Å². The van der Waals surface area contributed by atoms with Crippen molar-refractivity contribution in [2.24, 2.45) is 5.84 Å². The molecule has 1 rings (SSSR count). The average Bonchev–Trinajstić information content (AvgIpc) is 2.30. The van der Waals surface area contributed by atoms with Gasteiger partial charge in [-0.1, -0.05) is 6.92 Å². The minimum Gasteiger partial charge on any atom is -0.263 e. The second-order valence-corrected chi connectivity index (χ2v) is 5.80. The second kappa shape index (κ2) is 4.90. The van der Waals surface area contributed by atoms with Gasteiger partial charge in [-0.15, -0.1) is 4.00 Å². The molecule has 0 aliphatic rings. The highest BCUT2D eigenvalue weighted by Gasteiger charge is 2.38. The second-order valence-electron chi connectivity index (χ2n) is 3.66. The molecule has 0 bridgehead atoms. The Kier molecular flexibility index (Phi) is 4.01. The summed E-state index contributed by atoms with van der Waals surface area (Å²) in [4.78, 5) is 3.99. The Morgan fingerprint density at radius 2 is 2.12 bits per heavy atom. The van der Waals surface area contributed by atoms with Gasteiger partial charge in [0.15, 0.2) is 0 Å². The molecule has 0 aromatic carbocycles. The van der Waals surface area contributed by atoms with Gasteiger partial charge in [-0.3, -0.25) is 4.98 Å². The molecular weight excluding hydrogens is 226 g/mol. The molecule has 2 N–H and O–H groups in total. The van der Waals surface area contributed by atoms with Gasteiger partial charge in [0, 0.05) is 6.20 Å². The van der Waals surface area contributed by atoms with Crippen LogP contribution in [0.2, 0.25) is 0 Å². The fourth-order valence-corrected chi connectivity index (χ4v) is 3.16. The van der Waals surface area contributed by atoms with E-state index in [1.54, 1.807) is 13.0 Å². The summed E-state index contributed by atoms with van der Waals surface area (Å²) >= 11 is 0. The Hall–Kier alpha value is -0.980. The lowest BCUT2D eigenvalue weighted by molar-refractivity contribution is -0.816. The Bertz CT molecular complexity index is 433. The molecule has 6 heteroatoms. The third kappa shape index (κ3) is 2.23. The molecular formula is C10H18N3O2S+. The summed E-state index contributed by atoms with van der Waals surface area (Å²) in [5, 5.41) is 0. The molecule has 0 amide bonds. The number of hydrogen-bond donors (Lipinski definition) is 1. The van der Waals surface area contributed by atoms with E-state index >= 15 is 0 Å². The third-order valence-electron chi connectivity index (χ3n) is 2.55. The van der Waals surface area contributed by atoms with Crippen molar-refractivity contribution in [3.05, 3.63) is 24.5 Å². The molecule has 5 nitrogen and oxygen atoms in total. The first-order valence-corrected chi connectivity index (χ1v) is 6.73. The minimum absolute atomic E-state index is 0.174. The zero-order chi connectivity index (χ0) is 12.2. The SMILES string of the molecule is CCC[N+](N)(CC)S(=O)(=O)c1cccnc1. The van der Waals surface area contributed by atoms with E-state index in [0.717, 1.165) is 0 Å². The van der Waals surface area contributed by atoms with E-state index in [4.69, 9.17) is 5.84 Å². The van der Waals surface area contributed by atoms with Crippen LogP contribution in [0.4, 0.5) is 0 Å². The first-order valence-electron chi connectivity index (χ1n) is 5.29. The number of nitrogens with two attached hydrogens (primary N) is 1. The Morgan fingerprint density at radius 1 is 1.44 bits per heavy atom. The molecule has 0 fully saturated rings. The monoisotopic (exact) mass is 244 g/mol. The van der Waals surface area contributed by atoms with Gasteiger partial charge in [0.2, 0.25) is 0 Å². The average molecular weight is 244 g/mol. The molecule has 0 spiro atoms. The van der Waals surface area contributed by atoms with Gasteiger partial charge >= 0.3 is 10.0 Å². The number of nitrogens with zero attached hydrogens (tertiary/aromatic N) is 2. The van der Waals surface area contributed by atoms with Crippen LogP contribution in [0.15, 0.2) is 29.4 Å². The smallest absolute Gasteiger partial charge is 0.263 e. The predicted octanol–water partition coefficient (Wildman–Crippen LogP) is 0.891. The number of hydrogen-bond acceptors (Lipinski definition) is 4. The molecule has 0 saturated carbocycles. The normalized spacial score (nSPS) is 15.7. The lowest BCUT2D eigenvalue weighted by atomic mass is 10.5. The molecule has 1 unspecified atom stereocenters. The maximum atomic E-state index is 12.3. The van der Waals surface area contributed by atoms with E-state index in [0.29, 0.717) is 19.5 Å². The fraction of sp³-hybridized carbons (Fsp3) is 0.500. The minimum atomic E-state index is -3.56. The number of sulfonamides is 1. The largest absolute Gasteiger partial charge is 0.346 e. The number of quaternary nitrogens is 1. The third-order valence-corrected chi connectivity index (χ3v) is 4.78. The van der Waals surface area contributed by atoms with Crippen LogP contribution in [0.5, 0.6) is 0 Å². The van der Waals surface area contributed by atoms with Crippen molar-refractivity contribution in [2.75, 3.05) is 13.1 Å². The lowest BCUT2D eigenvalue weighted by Crippen LogP contribution is -2.58. The predicted molar refractivity (Wildman–Crippen MR) is 61.6 cm³/mol. The summed E-state index contributed by atoms with van der Waals surface area (Å²) in [5.74, 6) is 5.94. The van der Waals surface area contributed by atoms with Crippen LogP contribution >= 0.6 is 0 Å². The highest BCUT2D eigenvalue weighted by molar-refractivity contribution is 7.85. The maximum Gasteiger partial charge on any atom is 0.346 e. The van der Waals surface area contributed by atoms with Gasteiger partial charge in [-0.2, -0.15) is 14.3 Å². The van der Waals surface area contributed by atoms with Crippen LogP contribution in [-0.4, -0.2) is 30.5 Å². The van der Waals surface area contributed by atoms with E-state index < -0.39 is 14.0 Å². The van der Waals surface area contributed by atoms with Crippen molar-refractivity contribution in [1.29, 1.82) is 0 Å². The number of aromatic nitrogens is 1. The number of pyridine rings is 1. The van der Waals surface area contributed by atoms with Crippen LogP contribution in [0.1, 0.15) is 20.3 Å². The zero-order valence-corrected chi connectivity index (χ0v) is 10.4. The van der Waals surface area contributed by atoms with Crippen molar-refractivity contribution in [1.82, 2.24) is 4.98 Å². The highest BCUT2D eigenvalue weighted by Crippen LogP contribution is 2.19. The summed E-state index contributed by atoms with van der Waals surface area (Å²) in [6, 6.07) is 3.12. The van der Waals surface area contributed by atoms with E-state index in [9.17, 15) is 8.42 Å². The van der Waals surface area contributed by atoms with Crippen LogP contribution < -0.4 is 5.84 Å². The first kappa shape index (κ1) is 13.1. The van der Waals surface area contributed by atoms with Gasteiger partial charge in [0.1, 0.15) is 18.0 Å². The van der Waals surface area contributed by atoms with Gasteiger partial charge < -0.3 is 0 Å². The molecule has 1 aromatic heterocycles. The van der Waals surface area contributed by atoms with Crippen molar-refractivity contribution in [2.45, 2.75) is 25.2 Å². The van der Waals surface area contributed by atoms with Gasteiger partial charge in [-0.25, -0.2) is 0 Å². The summed E-state index contributed by atoms with van der Waals surface area (Å²) in [7, 11) is -3.56. The molecule has 1 heterocycles. The molecule has 0 saturated heterocycles. The molecule has 0 aliphatic heterocycles. The van der Waals surface area contributed by atoms with Crippen molar-refractivity contribution in [3.63, 3.8) is 0 Å². The highest BCUT2D eigenvalue weighted by atomic mass is 32.2. The topological polar surface area (TPSA) is 73.1 Å². The Balaban J connectivity index is 3.20. The van der Waals surface area contributed by atoms with E-state index in [-0.39, 0.29) is 4.90 Å². The Labute approximate surface area is 96.5 Å². The molecule has 1 atom stereocenters. The summed E-state index contributed by atoms with van der Waals surface area (Å²) in [6.45, 7) is 4.41. The summed E-state index contributed by atoms with van der Waals surface area (Å²) < 4.78 is 24.1. The van der Waals surface area contributed by atoms with Crippen molar-refractivity contribution in [3.8, 4) is 0 Å². The molecule has 1 aromatic rings. The van der Waals surface area contributed by atoms with Crippen LogP contribution in [0.3, 0.4) is 0 Å². The standard InChI is InChI=1S/C10H18N3O2S/c1-3-8-13(11,4-2)16(14,15)10-6-5-7-12-9-10/h5-7,9H,3-4,8,11H2,1-2H3/q+1. The quantitative estimate of drug-likeness (QED) is 0.474. The maximum absolute atomic E-state index is 12.3. The summed E-state index contributed by atoms with van der Waals surface area (Å²) in [6.07, 6.45) is 3.58. The van der Waals surface area contributed by atoms with Gasteiger partial charge in [0.25, 0.3) is 0 Å². The molecule has 0 radical (unpaired) electrons. The van der Waals surface area contributed by atoms with Crippen LogP contribution in [0.25, 0.3) is 0 Å². The van der Waals surface area contributed by atoms with Crippen LogP contribution in [-0.2, 0) is 10.0 Å². The fourth-order valence-electron chi connectivity index (χ4n) is 1.54. The van der Waals surface area contributed by atoms with E-state index in [1.807, 2.05) is 6.92 Å². The van der Waals surface area contributed by atoms with E-state index in [1.165, 1.54) is 18.5 Å². The molecule has 0 aliphatic carbocycles. The van der Waals surface area contributed by atoms with Gasteiger partial charge in [-0.05, 0) is 25.5 Å².